The van der Waals surface area contributed by atoms with E-state index in [0.717, 1.165) is 23.9 Å². The Hall–Kier alpha value is -1.75. The molecule has 0 spiro atoms. The third kappa shape index (κ3) is 3.04. The summed E-state index contributed by atoms with van der Waals surface area (Å²) in [6.45, 7) is 3.11. The molecule has 1 N–H and O–H groups in total. The van der Waals surface area contributed by atoms with Crippen LogP contribution in [0.2, 0.25) is 0 Å². The highest BCUT2D eigenvalue weighted by atomic mass is 19.3. The number of pyridine rings is 1. The standard InChI is InChI=1S/C15H18F2N2O/c1-3-7-18-12-8-13(15(16)17)19-14-10(9-20-2)5-4-6-11(12)14/h4-6,8,15H,3,7,9H2,1-2H3,(H,18,19). The van der Waals surface area contributed by atoms with Gasteiger partial charge < -0.3 is 10.1 Å². The van der Waals surface area contributed by atoms with Gasteiger partial charge in [-0.15, -0.1) is 0 Å². The number of methoxy groups -OCH3 is 1. The molecule has 0 radical (unpaired) electrons. The molecule has 1 heterocycles. The summed E-state index contributed by atoms with van der Waals surface area (Å²) in [7, 11) is 1.58. The smallest absolute Gasteiger partial charge is 0.280 e. The zero-order valence-electron chi connectivity index (χ0n) is 11.6. The number of halogens is 2. The molecule has 0 aliphatic heterocycles. The summed E-state index contributed by atoms with van der Waals surface area (Å²) in [6, 6.07) is 7.04. The van der Waals surface area contributed by atoms with Crippen molar-refractivity contribution in [3.05, 3.63) is 35.5 Å². The van der Waals surface area contributed by atoms with Crippen LogP contribution in [0.5, 0.6) is 0 Å². The van der Waals surface area contributed by atoms with Gasteiger partial charge in [-0.25, -0.2) is 13.8 Å². The van der Waals surface area contributed by atoms with Crippen molar-refractivity contribution in [3.8, 4) is 0 Å². The Morgan fingerprint density at radius 1 is 1.35 bits per heavy atom. The number of fused-ring (bicyclic) bond motifs is 1. The third-order valence-electron chi connectivity index (χ3n) is 3.03. The van der Waals surface area contributed by atoms with E-state index < -0.39 is 6.43 Å². The number of anilines is 1. The molecule has 0 bridgehead atoms. The fourth-order valence-corrected chi connectivity index (χ4v) is 2.12. The first-order valence-corrected chi connectivity index (χ1v) is 6.60. The fourth-order valence-electron chi connectivity index (χ4n) is 2.12. The molecule has 1 aromatic carbocycles. The van der Waals surface area contributed by atoms with Gasteiger partial charge in [0.1, 0.15) is 5.69 Å². The second-order valence-corrected chi connectivity index (χ2v) is 4.57. The van der Waals surface area contributed by atoms with E-state index in [1.165, 1.54) is 6.07 Å². The lowest BCUT2D eigenvalue weighted by atomic mass is 10.1. The van der Waals surface area contributed by atoms with Crippen LogP contribution >= 0.6 is 0 Å². The van der Waals surface area contributed by atoms with E-state index in [1.54, 1.807) is 7.11 Å². The van der Waals surface area contributed by atoms with Gasteiger partial charge in [0.2, 0.25) is 0 Å². The van der Waals surface area contributed by atoms with Crippen molar-refractivity contribution in [2.75, 3.05) is 19.0 Å². The van der Waals surface area contributed by atoms with Crippen LogP contribution < -0.4 is 5.32 Å². The normalized spacial score (nSPS) is 11.2. The summed E-state index contributed by atoms with van der Waals surface area (Å²) in [5, 5.41) is 4.03. The summed E-state index contributed by atoms with van der Waals surface area (Å²) in [5.74, 6) is 0. The molecule has 2 aromatic rings. The molecule has 3 nitrogen and oxygen atoms in total. The Morgan fingerprint density at radius 2 is 2.15 bits per heavy atom. The highest BCUT2D eigenvalue weighted by Crippen LogP contribution is 2.29. The number of hydrogen-bond donors (Lipinski definition) is 1. The van der Waals surface area contributed by atoms with Crippen LogP contribution in [-0.2, 0) is 11.3 Å². The first-order valence-electron chi connectivity index (χ1n) is 6.60. The molecule has 0 aliphatic carbocycles. The second kappa shape index (κ2) is 6.61. The Labute approximate surface area is 117 Å². The zero-order chi connectivity index (χ0) is 14.5. The number of nitrogens with one attached hydrogen (secondary N) is 1. The summed E-state index contributed by atoms with van der Waals surface area (Å²) in [4.78, 5) is 4.09. The highest BCUT2D eigenvalue weighted by molar-refractivity contribution is 5.93. The van der Waals surface area contributed by atoms with Gasteiger partial charge in [-0.05, 0) is 12.5 Å². The molecular weight excluding hydrogens is 262 g/mol. The lowest BCUT2D eigenvalue weighted by molar-refractivity contribution is 0.146. The fraction of sp³-hybridized carbons (Fsp3) is 0.400. The number of rotatable bonds is 6. The molecule has 0 saturated carbocycles. The maximum Gasteiger partial charge on any atom is 0.280 e. The van der Waals surface area contributed by atoms with Gasteiger partial charge in [0.05, 0.1) is 12.1 Å². The van der Waals surface area contributed by atoms with Crippen LogP contribution in [0.3, 0.4) is 0 Å². The first-order chi connectivity index (χ1) is 9.67. The van der Waals surface area contributed by atoms with Crippen LogP contribution in [0.25, 0.3) is 10.9 Å². The van der Waals surface area contributed by atoms with Gasteiger partial charge in [0.15, 0.2) is 0 Å². The van der Waals surface area contributed by atoms with Crippen molar-refractivity contribution in [2.45, 2.75) is 26.4 Å². The van der Waals surface area contributed by atoms with E-state index >= 15 is 0 Å². The van der Waals surface area contributed by atoms with Crippen LogP contribution in [0.1, 0.15) is 31.0 Å². The van der Waals surface area contributed by atoms with Gasteiger partial charge in [-0.1, -0.05) is 25.1 Å². The summed E-state index contributed by atoms with van der Waals surface area (Å²) in [6.07, 6.45) is -1.66. The largest absolute Gasteiger partial charge is 0.384 e. The number of ether oxygens (including phenoxy) is 1. The minimum absolute atomic E-state index is 0.209. The Bertz CT molecular complexity index is 587. The van der Waals surface area contributed by atoms with Crippen LogP contribution in [-0.4, -0.2) is 18.6 Å². The molecule has 0 saturated heterocycles. The number of para-hydroxylation sites is 1. The Kier molecular flexibility index (Phi) is 4.84. The number of alkyl halides is 2. The summed E-state index contributed by atoms with van der Waals surface area (Å²) in [5.41, 5.74) is 1.88. The summed E-state index contributed by atoms with van der Waals surface area (Å²) >= 11 is 0. The van der Waals surface area contributed by atoms with Crippen molar-refractivity contribution < 1.29 is 13.5 Å². The van der Waals surface area contributed by atoms with E-state index in [4.69, 9.17) is 4.74 Å². The molecule has 0 atom stereocenters. The van der Waals surface area contributed by atoms with Crippen molar-refractivity contribution in [1.82, 2.24) is 4.98 Å². The molecule has 0 aliphatic rings. The molecule has 108 valence electrons. The second-order valence-electron chi connectivity index (χ2n) is 4.57. The molecule has 5 heteroatoms. The maximum absolute atomic E-state index is 13.0. The molecule has 2 rings (SSSR count). The quantitative estimate of drug-likeness (QED) is 0.863. The highest BCUT2D eigenvalue weighted by Gasteiger charge is 2.14. The number of aromatic nitrogens is 1. The van der Waals surface area contributed by atoms with E-state index in [9.17, 15) is 8.78 Å². The molecule has 0 amide bonds. The van der Waals surface area contributed by atoms with Gasteiger partial charge >= 0.3 is 0 Å². The van der Waals surface area contributed by atoms with Crippen LogP contribution in [0.15, 0.2) is 24.3 Å². The minimum Gasteiger partial charge on any atom is -0.384 e. The first kappa shape index (κ1) is 14.7. The Balaban J connectivity index is 2.60. The number of nitrogens with zero attached hydrogens (tertiary/aromatic N) is 1. The lowest BCUT2D eigenvalue weighted by Gasteiger charge is -2.13. The lowest BCUT2D eigenvalue weighted by Crippen LogP contribution is -2.04. The van der Waals surface area contributed by atoms with Gasteiger partial charge in [0.25, 0.3) is 6.43 Å². The number of hydrogen-bond acceptors (Lipinski definition) is 3. The zero-order valence-corrected chi connectivity index (χ0v) is 11.6. The van der Waals surface area contributed by atoms with E-state index in [1.807, 2.05) is 25.1 Å². The Morgan fingerprint density at radius 3 is 2.80 bits per heavy atom. The maximum atomic E-state index is 13.0. The van der Waals surface area contributed by atoms with E-state index in [2.05, 4.69) is 10.3 Å². The van der Waals surface area contributed by atoms with Crippen molar-refractivity contribution >= 4 is 16.6 Å². The van der Waals surface area contributed by atoms with Gasteiger partial charge in [-0.2, -0.15) is 0 Å². The average Bonchev–Trinajstić information content (AvgIpc) is 2.45. The van der Waals surface area contributed by atoms with Crippen molar-refractivity contribution in [1.29, 1.82) is 0 Å². The van der Waals surface area contributed by atoms with Crippen LogP contribution in [0, 0.1) is 0 Å². The minimum atomic E-state index is -2.59. The van der Waals surface area contributed by atoms with E-state index in [-0.39, 0.29) is 5.69 Å². The predicted octanol–water partition coefficient (Wildman–Crippen LogP) is 4.14. The van der Waals surface area contributed by atoms with Crippen molar-refractivity contribution in [3.63, 3.8) is 0 Å². The molecule has 0 unspecified atom stereocenters. The number of benzene rings is 1. The van der Waals surface area contributed by atoms with Gasteiger partial charge in [0, 0.05) is 30.3 Å². The SMILES string of the molecule is CCCNc1cc(C(F)F)nc2c(COC)cccc12. The monoisotopic (exact) mass is 280 g/mol. The summed E-state index contributed by atoms with van der Waals surface area (Å²) < 4.78 is 31.1. The molecular formula is C15H18F2N2O. The molecule has 20 heavy (non-hydrogen) atoms. The van der Waals surface area contributed by atoms with E-state index in [0.29, 0.717) is 17.8 Å². The van der Waals surface area contributed by atoms with Gasteiger partial charge in [-0.3, -0.25) is 0 Å². The third-order valence-corrected chi connectivity index (χ3v) is 3.03. The topological polar surface area (TPSA) is 34.2 Å². The molecule has 1 aromatic heterocycles. The van der Waals surface area contributed by atoms with Crippen molar-refractivity contribution in [2.24, 2.45) is 0 Å². The molecule has 0 fully saturated rings. The average molecular weight is 280 g/mol. The van der Waals surface area contributed by atoms with Crippen LogP contribution in [0.4, 0.5) is 14.5 Å². The predicted molar refractivity (Wildman–Crippen MR) is 76.2 cm³/mol.